The van der Waals surface area contributed by atoms with Gasteiger partial charge in [-0.05, 0) is 54.7 Å². The number of nitrogens with one attached hydrogen (secondary N) is 1. The van der Waals surface area contributed by atoms with Crippen LogP contribution in [-0.4, -0.2) is 56.4 Å². The summed E-state index contributed by atoms with van der Waals surface area (Å²) >= 11 is 1.48. The van der Waals surface area contributed by atoms with Crippen LogP contribution >= 0.6 is 11.8 Å². The van der Waals surface area contributed by atoms with Gasteiger partial charge in [-0.25, -0.2) is 4.99 Å². The van der Waals surface area contributed by atoms with Gasteiger partial charge in [0.1, 0.15) is 5.92 Å². The van der Waals surface area contributed by atoms with Crippen molar-refractivity contribution in [3.8, 4) is 0 Å². The van der Waals surface area contributed by atoms with Gasteiger partial charge in [-0.1, -0.05) is 30.0 Å². The number of nitrogens with two attached hydrogens (primary N) is 1. The van der Waals surface area contributed by atoms with Crippen LogP contribution < -0.4 is 11.1 Å². The van der Waals surface area contributed by atoms with Gasteiger partial charge in [0.05, 0.1) is 11.1 Å². The molecule has 1 aromatic carbocycles. The zero-order valence-corrected chi connectivity index (χ0v) is 18.6. The quantitative estimate of drug-likeness (QED) is 0.235. The van der Waals surface area contributed by atoms with Gasteiger partial charge in [-0.2, -0.15) is 4.99 Å². The van der Waals surface area contributed by atoms with Crippen LogP contribution in [0.2, 0.25) is 0 Å². The van der Waals surface area contributed by atoms with Gasteiger partial charge in [-0.3, -0.25) is 14.4 Å². The van der Waals surface area contributed by atoms with E-state index in [4.69, 9.17) is 10.8 Å². The Morgan fingerprint density at radius 1 is 1.12 bits per heavy atom. The Morgan fingerprint density at radius 3 is 2.48 bits per heavy atom. The molecule has 176 valence electrons. The molecule has 11 heteroatoms. The number of nitrogens with zero attached hydrogens (tertiary/aromatic N) is 2. The lowest BCUT2D eigenvalue weighted by Gasteiger charge is -2.19. The van der Waals surface area contributed by atoms with E-state index in [2.05, 4.69) is 15.3 Å². The van der Waals surface area contributed by atoms with Gasteiger partial charge in [0.15, 0.2) is 6.29 Å². The second-order valence-electron chi connectivity index (χ2n) is 7.80. The summed E-state index contributed by atoms with van der Waals surface area (Å²) < 4.78 is 0. The number of aliphatic hydroxyl groups is 2. The molecule has 0 aliphatic carbocycles. The number of unbranched alkanes of at least 4 members (excludes halogenated alkanes) is 1. The molecule has 0 saturated carbocycles. The number of aliphatic hydroxyl groups excluding tert-OH is 1. The molecular weight excluding hydrogens is 448 g/mol. The van der Waals surface area contributed by atoms with Crippen LogP contribution in [0.1, 0.15) is 48.0 Å². The van der Waals surface area contributed by atoms with E-state index in [1.165, 1.54) is 11.8 Å². The van der Waals surface area contributed by atoms with Crippen molar-refractivity contribution in [3.05, 3.63) is 46.4 Å². The molecule has 2 amide bonds. The zero-order chi connectivity index (χ0) is 24.0. The van der Waals surface area contributed by atoms with Gasteiger partial charge in [-0.15, -0.1) is 0 Å². The van der Waals surface area contributed by atoms with E-state index in [0.29, 0.717) is 10.6 Å². The van der Waals surface area contributed by atoms with Gasteiger partial charge < -0.3 is 26.4 Å². The third-order valence-corrected chi connectivity index (χ3v) is 6.43. The number of thioether (sulfide) groups is 1. The van der Waals surface area contributed by atoms with E-state index in [9.17, 15) is 24.6 Å². The minimum absolute atomic E-state index is 0.00819. The fourth-order valence-electron chi connectivity index (χ4n) is 3.49. The lowest BCUT2D eigenvalue weighted by molar-refractivity contribution is -0.137. The molecule has 0 radical (unpaired) electrons. The van der Waals surface area contributed by atoms with Crippen LogP contribution in [0.15, 0.2) is 45.2 Å². The number of hydrogen-bond acceptors (Lipinski definition) is 8. The molecule has 0 bridgehead atoms. The molecule has 0 aromatic heterocycles. The molecule has 1 aromatic rings. The molecule has 0 saturated heterocycles. The fourth-order valence-corrected chi connectivity index (χ4v) is 4.64. The topological polar surface area (TPSA) is 175 Å². The number of hydrogen-bond donors (Lipinski definition) is 5. The molecule has 0 fully saturated rings. The van der Waals surface area contributed by atoms with Crippen molar-refractivity contribution in [1.29, 1.82) is 0 Å². The average molecular weight is 475 g/mol. The normalized spacial score (nSPS) is 18.3. The maximum absolute atomic E-state index is 12.3. The number of rotatable bonds is 11. The van der Waals surface area contributed by atoms with E-state index in [0.717, 1.165) is 36.2 Å². The van der Waals surface area contributed by atoms with Crippen LogP contribution in [0.5, 0.6) is 0 Å². The third-order valence-electron chi connectivity index (χ3n) is 5.27. The van der Waals surface area contributed by atoms with Crippen LogP contribution in [0.25, 0.3) is 0 Å². The Balaban J connectivity index is 1.43. The van der Waals surface area contributed by atoms with Gasteiger partial charge >= 0.3 is 5.97 Å². The van der Waals surface area contributed by atoms with Gasteiger partial charge in [0, 0.05) is 12.0 Å². The Kier molecular flexibility index (Phi) is 8.37. The predicted molar refractivity (Wildman–Crippen MR) is 124 cm³/mol. The highest BCUT2D eigenvalue weighted by Crippen LogP contribution is 2.37. The highest BCUT2D eigenvalue weighted by atomic mass is 32.2. The number of carbonyl (C=O) groups is 3. The molecule has 0 spiro atoms. The standard InChI is InChI=1S/C22H26N4O6S/c23-22-25-19(30)15-11-14(33-20(15)26-22)4-2-1-3-12-5-7-13(8-6-12)18(29)24-16(21(31)32)9-10-17(27)28/h5-8,11,15-16,21,31-32H,1-4,9-10H2,(H,24,29)(H,27,28)(H2,23,25,30)/t15?,16-/m0/s1. The number of aliphatic imine (C=N–C) groups is 2. The zero-order valence-electron chi connectivity index (χ0n) is 17.8. The second kappa shape index (κ2) is 11.2. The van der Waals surface area contributed by atoms with Crippen molar-refractivity contribution >= 4 is 40.5 Å². The maximum Gasteiger partial charge on any atom is 0.303 e. The molecule has 33 heavy (non-hydrogen) atoms. The largest absolute Gasteiger partial charge is 0.481 e. The number of carbonyl (C=O) groups excluding carboxylic acids is 2. The molecular formula is C22H26N4O6S. The first-order chi connectivity index (χ1) is 15.7. The summed E-state index contributed by atoms with van der Waals surface area (Å²) in [4.78, 5) is 43.8. The Bertz CT molecular complexity index is 1000. The van der Waals surface area contributed by atoms with Crippen molar-refractivity contribution in [1.82, 2.24) is 5.32 Å². The van der Waals surface area contributed by atoms with E-state index >= 15 is 0 Å². The first-order valence-corrected chi connectivity index (χ1v) is 11.4. The number of guanidine groups is 1. The molecule has 2 aliphatic rings. The molecule has 10 nitrogen and oxygen atoms in total. The predicted octanol–water partition coefficient (Wildman–Crippen LogP) is 1.17. The SMILES string of the molecule is NC1=NC(=O)C2C=C(CCCCc3ccc(C(=O)N[C@@H](CCC(=O)O)C(O)O)cc3)SC2=N1. The molecule has 2 heterocycles. The molecule has 6 N–H and O–H groups in total. The first-order valence-electron chi connectivity index (χ1n) is 10.6. The highest BCUT2D eigenvalue weighted by molar-refractivity contribution is 8.17. The smallest absolute Gasteiger partial charge is 0.303 e. The van der Waals surface area contributed by atoms with Gasteiger partial charge in [0.2, 0.25) is 5.96 Å². The minimum Gasteiger partial charge on any atom is -0.481 e. The Labute approximate surface area is 194 Å². The van der Waals surface area contributed by atoms with Crippen LogP contribution in [0.3, 0.4) is 0 Å². The molecule has 2 aliphatic heterocycles. The number of fused-ring (bicyclic) bond motifs is 1. The molecule has 1 unspecified atom stereocenters. The lowest BCUT2D eigenvalue weighted by Crippen LogP contribution is -2.43. The van der Waals surface area contributed by atoms with E-state index in [1.807, 2.05) is 18.2 Å². The summed E-state index contributed by atoms with van der Waals surface area (Å²) in [5.74, 6) is -2.24. The average Bonchev–Trinajstić information content (AvgIpc) is 3.17. The summed E-state index contributed by atoms with van der Waals surface area (Å²) in [6, 6.07) is 5.90. The van der Waals surface area contributed by atoms with Crippen LogP contribution in [0.4, 0.5) is 0 Å². The summed E-state index contributed by atoms with van der Waals surface area (Å²) in [5.41, 5.74) is 6.94. The van der Waals surface area contributed by atoms with E-state index in [-0.39, 0.29) is 24.7 Å². The molecule has 2 atom stereocenters. The number of carboxylic acid groups (broad SMARTS) is 1. The highest BCUT2D eigenvalue weighted by Gasteiger charge is 2.32. The third kappa shape index (κ3) is 6.98. The maximum atomic E-state index is 12.3. The second-order valence-corrected chi connectivity index (χ2v) is 8.95. The Hall–Kier alpha value is -3.02. The Morgan fingerprint density at radius 2 is 1.82 bits per heavy atom. The van der Waals surface area contributed by atoms with Crippen molar-refractivity contribution in [2.24, 2.45) is 21.6 Å². The van der Waals surface area contributed by atoms with Crippen molar-refractivity contribution < 1.29 is 29.7 Å². The number of aryl methyl sites for hydroxylation is 1. The van der Waals surface area contributed by atoms with Crippen molar-refractivity contribution in [2.75, 3.05) is 0 Å². The number of carboxylic acids is 1. The monoisotopic (exact) mass is 474 g/mol. The number of aliphatic carboxylic acids is 1. The van der Waals surface area contributed by atoms with Crippen LogP contribution in [0, 0.1) is 5.92 Å². The van der Waals surface area contributed by atoms with E-state index in [1.54, 1.807) is 12.1 Å². The number of allylic oxidation sites excluding steroid dienone is 1. The number of benzene rings is 1. The summed E-state index contributed by atoms with van der Waals surface area (Å²) in [7, 11) is 0. The summed E-state index contributed by atoms with van der Waals surface area (Å²) in [6.45, 7) is 0. The van der Waals surface area contributed by atoms with Crippen molar-refractivity contribution in [2.45, 2.75) is 50.9 Å². The van der Waals surface area contributed by atoms with Crippen LogP contribution in [-0.2, 0) is 16.0 Å². The fraction of sp³-hybridized carbons (Fsp3) is 0.409. The number of amides is 2. The lowest BCUT2D eigenvalue weighted by atomic mass is 10.0. The van der Waals surface area contributed by atoms with Gasteiger partial charge in [0.25, 0.3) is 11.8 Å². The minimum atomic E-state index is -1.85. The first kappa shape index (κ1) is 24.6. The molecule has 3 rings (SSSR count). The summed E-state index contributed by atoms with van der Waals surface area (Å²) in [6.07, 6.45) is 3.16. The summed E-state index contributed by atoms with van der Waals surface area (Å²) in [5, 5.41) is 30.6. The van der Waals surface area contributed by atoms with E-state index < -0.39 is 30.1 Å². The van der Waals surface area contributed by atoms with Crippen molar-refractivity contribution in [3.63, 3.8) is 0 Å².